The molecule has 0 saturated heterocycles. The highest BCUT2D eigenvalue weighted by atomic mass is 35.5. The lowest BCUT2D eigenvalue weighted by Crippen LogP contribution is -2.13. The predicted octanol–water partition coefficient (Wildman–Crippen LogP) is 4.68. The standard InChI is InChI=1S/C16H9Cl2FN2O/c17-12-2-1-10(15(18)8-12)7-11(9-20)16(22)21-14-5-3-13(19)4-6-14/h1-8H,(H,21,22)/b11-7+. The van der Waals surface area contributed by atoms with E-state index in [1.807, 2.05) is 6.07 Å². The summed E-state index contributed by atoms with van der Waals surface area (Å²) in [5.41, 5.74) is 0.750. The zero-order valence-corrected chi connectivity index (χ0v) is 12.6. The van der Waals surface area contributed by atoms with Gasteiger partial charge in [-0.1, -0.05) is 29.3 Å². The zero-order valence-electron chi connectivity index (χ0n) is 11.1. The molecule has 2 aromatic rings. The van der Waals surface area contributed by atoms with Gasteiger partial charge in [0.1, 0.15) is 17.5 Å². The van der Waals surface area contributed by atoms with Gasteiger partial charge in [-0.3, -0.25) is 4.79 Å². The molecule has 0 fully saturated rings. The van der Waals surface area contributed by atoms with Gasteiger partial charge in [-0.25, -0.2) is 4.39 Å². The normalized spacial score (nSPS) is 10.9. The molecule has 1 amide bonds. The monoisotopic (exact) mass is 334 g/mol. The summed E-state index contributed by atoms with van der Waals surface area (Å²) in [4.78, 5) is 12.0. The molecule has 2 rings (SSSR count). The van der Waals surface area contributed by atoms with Crippen molar-refractivity contribution in [3.63, 3.8) is 0 Å². The minimum atomic E-state index is -0.611. The SMILES string of the molecule is N#C/C(=C\c1ccc(Cl)cc1Cl)C(=O)Nc1ccc(F)cc1. The Kier molecular flexibility index (Phi) is 5.16. The van der Waals surface area contributed by atoms with Crippen LogP contribution in [-0.4, -0.2) is 5.91 Å². The Morgan fingerprint density at radius 2 is 1.86 bits per heavy atom. The fourth-order valence-corrected chi connectivity index (χ4v) is 2.12. The fourth-order valence-electron chi connectivity index (χ4n) is 1.65. The van der Waals surface area contributed by atoms with Gasteiger partial charge in [-0.05, 0) is 48.0 Å². The highest BCUT2D eigenvalue weighted by molar-refractivity contribution is 6.35. The Labute approximate surface area is 136 Å². The van der Waals surface area contributed by atoms with Crippen molar-refractivity contribution in [3.8, 4) is 6.07 Å². The first-order valence-electron chi connectivity index (χ1n) is 6.13. The summed E-state index contributed by atoms with van der Waals surface area (Å²) < 4.78 is 12.8. The first-order valence-corrected chi connectivity index (χ1v) is 6.89. The van der Waals surface area contributed by atoms with Crippen molar-refractivity contribution >= 4 is 40.9 Å². The molecule has 0 aliphatic carbocycles. The summed E-state index contributed by atoms with van der Waals surface area (Å²) in [5.74, 6) is -1.03. The molecule has 0 aliphatic rings. The molecule has 1 N–H and O–H groups in total. The van der Waals surface area contributed by atoms with Crippen LogP contribution in [0.2, 0.25) is 10.0 Å². The van der Waals surface area contributed by atoms with Crippen LogP contribution in [-0.2, 0) is 4.79 Å². The van der Waals surface area contributed by atoms with E-state index < -0.39 is 11.7 Å². The van der Waals surface area contributed by atoms with Crippen molar-refractivity contribution in [2.75, 3.05) is 5.32 Å². The smallest absolute Gasteiger partial charge is 0.266 e. The van der Waals surface area contributed by atoms with Gasteiger partial charge in [0.15, 0.2) is 0 Å². The molecule has 0 bridgehead atoms. The van der Waals surface area contributed by atoms with Crippen molar-refractivity contribution < 1.29 is 9.18 Å². The summed E-state index contributed by atoms with van der Waals surface area (Å²) in [6.45, 7) is 0. The molecule has 3 nitrogen and oxygen atoms in total. The van der Waals surface area contributed by atoms with Gasteiger partial charge in [0, 0.05) is 15.7 Å². The van der Waals surface area contributed by atoms with Crippen LogP contribution < -0.4 is 5.32 Å². The second-order valence-corrected chi connectivity index (χ2v) is 5.14. The minimum absolute atomic E-state index is 0.131. The first kappa shape index (κ1) is 16.0. The lowest BCUT2D eigenvalue weighted by atomic mass is 10.1. The van der Waals surface area contributed by atoms with Gasteiger partial charge in [-0.2, -0.15) is 5.26 Å². The summed E-state index contributed by atoms with van der Waals surface area (Å²) in [6.07, 6.45) is 1.36. The van der Waals surface area contributed by atoms with Gasteiger partial charge < -0.3 is 5.32 Å². The minimum Gasteiger partial charge on any atom is -0.321 e. The molecule has 110 valence electrons. The zero-order chi connectivity index (χ0) is 16.1. The third kappa shape index (κ3) is 4.08. The number of amides is 1. The molecular formula is C16H9Cl2FN2O. The van der Waals surface area contributed by atoms with Crippen LogP contribution >= 0.6 is 23.2 Å². The predicted molar refractivity (Wildman–Crippen MR) is 85.1 cm³/mol. The molecule has 0 aromatic heterocycles. The average Bonchev–Trinajstić information content (AvgIpc) is 2.49. The lowest BCUT2D eigenvalue weighted by Gasteiger charge is -2.05. The number of nitriles is 1. The van der Waals surface area contributed by atoms with E-state index in [1.165, 1.54) is 36.4 Å². The number of anilines is 1. The second-order valence-electron chi connectivity index (χ2n) is 4.30. The fraction of sp³-hybridized carbons (Fsp3) is 0. The topological polar surface area (TPSA) is 52.9 Å². The Morgan fingerprint density at radius 1 is 1.18 bits per heavy atom. The molecule has 0 radical (unpaired) electrons. The summed E-state index contributed by atoms with van der Waals surface area (Å²) >= 11 is 11.8. The maximum Gasteiger partial charge on any atom is 0.266 e. The van der Waals surface area contributed by atoms with E-state index in [4.69, 9.17) is 28.5 Å². The van der Waals surface area contributed by atoms with Crippen molar-refractivity contribution in [2.24, 2.45) is 0 Å². The molecule has 0 unspecified atom stereocenters. The van der Waals surface area contributed by atoms with E-state index in [9.17, 15) is 9.18 Å². The van der Waals surface area contributed by atoms with Crippen LogP contribution in [0.5, 0.6) is 0 Å². The summed E-state index contributed by atoms with van der Waals surface area (Å²) in [7, 11) is 0. The largest absolute Gasteiger partial charge is 0.321 e. The van der Waals surface area contributed by atoms with Crippen LogP contribution in [0.15, 0.2) is 48.0 Å². The summed E-state index contributed by atoms with van der Waals surface area (Å²) in [5, 5.41) is 12.4. The van der Waals surface area contributed by atoms with Gasteiger partial charge in [0.25, 0.3) is 5.91 Å². The number of nitrogens with one attached hydrogen (secondary N) is 1. The number of nitrogens with zero attached hydrogens (tertiary/aromatic N) is 1. The van der Waals surface area contributed by atoms with Crippen molar-refractivity contribution in [1.29, 1.82) is 5.26 Å². The maximum absolute atomic E-state index is 12.8. The number of halogens is 3. The highest BCUT2D eigenvalue weighted by Gasteiger charge is 2.11. The van der Waals surface area contributed by atoms with Gasteiger partial charge >= 0.3 is 0 Å². The van der Waals surface area contributed by atoms with Gasteiger partial charge in [0.2, 0.25) is 0 Å². The van der Waals surface area contributed by atoms with E-state index in [2.05, 4.69) is 5.32 Å². The second kappa shape index (κ2) is 7.08. The van der Waals surface area contributed by atoms with Crippen molar-refractivity contribution in [1.82, 2.24) is 0 Å². The third-order valence-electron chi connectivity index (χ3n) is 2.73. The third-order valence-corrected chi connectivity index (χ3v) is 3.29. The molecule has 0 spiro atoms. The number of benzene rings is 2. The number of carbonyl (C=O) groups excluding carboxylic acids is 1. The van der Waals surface area contributed by atoms with Crippen molar-refractivity contribution in [2.45, 2.75) is 0 Å². The van der Waals surface area contributed by atoms with E-state index in [1.54, 1.807) is 12.1 Å². The Bertz CT molecular complexity index is 780. The molecule has 2 aromatic carbocycles. The Hall–Kier alpha value is -2.35. The quantitative estimate of drug-likeness (QED) is 0.654. The molecule has 0 atom stereocenters. The summed E-state index contributed by atoms with van der Waals surface area (Å²) in [6, 6.07) is 11.8. The number of carbonyl (C=O) groups is 1. The van der Waals surface area contributed by atoms with Gasteiger partial charge in [0.05, 0.1) is 0 Å². The lowest BCUT2D eigenvalue weighted by molar-refractivity contribution is -0.112. The first-order chi connectivity index (χ1) is 10.5. The Morgan fingerprint density at radius 3 is 2.45 bits per heavy atom. The molecule has 6 heteroatoms. The molecule has 0 heterocycles. The van der Waals surface area contributed by atoms with Crippen LogP contribution in [0.1, 0.15) is 5.56 Å². The maximum atomic E-state index is 12.8. The number of hydrogen-bond donors (Lipinski definition) is 1. The van der Waals surface area contributed by atoms with E-state index in [-0.39, 0.29) is 5.57 Å². The van der Waals surface area contributed by atoms with Crippen LogP contribution in [0.4, 0.5) is 10.1 Å². The molecule has 0 saturated carbocycles. The molecule has 22 heavy (non-hydrogen) atoms. The Balaban J connectivity index is 2.23. The van der Waals surface area contributed by atoms with E-state index in [0.29, 0.717) is 21.3 Å². The molecular weight excluding hydrogens is 326 g/mol. The van der Waals surface area contributed by atoms with E-state index >= 15 is 0 Å². The van der Waals surface area contributed by atoms with E-state index in [0.717, 1.165) is 0 Å². The van der Waals surface area contributed by atoms with Gasteiger partial charge in [-0.15, -0.1) is 0 Å². The van der Waals surface area contributed by atoms with Crippen LogP contribution in [0, 0.1) is 17.1 Å². The molecule has 0 aliphatic heterocycles. The highest BCUT2D eigenvalue weighted by Crippen LogP contribution is 2.23. The number of hydrogen-bond acceptors (Lipinski definition) is 2. The van der Waals surface area contributed by atoms with Crippen LogP contribution in [0.3, 0.4) is 0 Å². The van der Waals surface area contributed by atoms with Crippen LogP contribution in [0.25, 0.3) is 6.08 Å². The average molecular weight is 335 g/mol. The number of rotatable bonds is 3. The van der Waals surface area contributed by atoms with Crippen molar-refractivity contribution in [3.05, 3.63) is 69.5 Å².